The summed E-state index contributed by atoms with van der Waals surface area (Å²) in [6.45, 7) is 0. The third-order valence-corrected chi connectivity index (χ3v) is 6.07. The summed E-state index contributed by atoms with van der Waals surface area (Å²) in [7, 11) is 4.33. The van der Waals surface area contributed by atoms with Crippen molar-refractivity contribution in [3.8, 4) is 0 Å². The van der Waals surface area contributed by atoms with Gasteiger partial charge in [-0.3, -0.25) is 0 Å². The molecular formula is C9H7P3. The summed E-state index contributed by atoms with van der Waals surface area (Å²) in [4.78, 5) is 0. The van der Waals surface area contributed by atoms with Gasteiger partial charge in [0, 0.05) is 5.30 Å². The lowest BCUT2D eigenvalue weighted by molar-refractivity contribution is 1.81. The lowest BCUT2D eigenvalue weighted by atomic mass is 10.2. The van der Waals surface area contributed by atoms with Crippen molar-refractivity contribution in [1.82, 2.24) is 0 Å². The van der Waals surface area contributed by atoms with Gasteiger partial charge in [0.15, 0.2) is 0 Å². The molecule has 0 radical (unpaired) electrons. The molecule has 0 bridgehead atoms. The Kier molecular flexibility index (Phi) is 2.85. The fourth-order valence-corrected chi connectivity index (χ4v) is 5.35. The molecule has 0 aliphatic heterocycles. The molecule has 0 fully saturated rings. The molecule has 0 spiro atoms. The highest BCUT2D eigenvalue weighted by atomic mass is 32.1. The second kappa shape index (κ2) is 4.11. The highest BCUT2D eigenvalue weighted by molar-refractivity contribution is 8.16. The Morgan fingerprint density at radius 3 is 2.67 bits per heavy atom. The van der Waals surface area contributed by atoms with Crippen LogP contribution in [0.4, 0.5) is 0 Å². The van der Waals surface area contributed by atoms with Crippen LogP contribution < -0.4 is 0 Å². The highest BCUT2D eigenvalue weighted by Crippen LogP contribution is 2.37. The van der Waals surface area contributed by atoms with Crippen LogP contribution in [0.2, 0.25) is 0 Å². The van der Waals surface area contributed by atoms with E-state index in [4.69, 9.17) is 0 Å². The van der Waals surface area contributed by atoms with Crippen LogP contribution in [0, 0.1) is 0 Å². The topological polar surface area (TPSA) is 0 Å². The number of hydrogen-bond donors (Lipinski definition) is 0. The first-order chi connectivity index (χ1) is 5.97. The zero-order chi connectivity index (χ0) is 8.23. The van der Waals surface area contributed by atoms with E-state index >= 15 is 0 Å². The smallest absolute Gasteiger partial charge is 0.0142 e. The van der Waals surface area contributed by atoms with Crippen molar-refractivity contribution in [2.24, 2.45) is 0 Å². The number of rotatable bonds is 0. The molecule has 0 atom stereocenters. The van der Waals surface area contributed by atoms with Gasteiger partial charge in [0.25, 0.3) is 0 Å². The number of hydrogen-bond acceptors (Lipinski definition) is 0. The predicted octanol–water partition coefficient (Wildman–Crippen LogP) is 5.02. The van der Waals surface area contributed by atoms with Crippen LogP contribution in [0.1, 0.15) is 10.9 Å². The van der Waals surface area contributed by atoms with Crippen molar-refractivity contribution in [1.29, 1.82) is 0 Å². The lowest BCUT2D eigenvalue weighted by Gasteiger charge is -1.98. The van der Waals surface area contributed by atoms with Crippen LogP contribution in [0.25, 0.3) is 12.2 Å². The van der Waals surface area contributed by atoms with E-state index in [1.807, 2.05) is 0 Å². The molecule has 0 aromatic carbocycles. The molecule has 0 nitrogen and oxygen atoms in total. The zero-order valence-electron chi connectivity index (χ0n) is 6.38. The SMILES string of the molecule is C1=CC=Cc2pppcc2C=C1. The minimum atomic E-state index is 1.39. The molecule has 12 heavy (non-hydrogen) atoms. The normalized spacial score (nSPS) is 15.7. The summed E-state index contributed by atoms with van der Waals surface area (Å²) in [6, 6.07) is 0. The van der Waals surface area contributed by atoms with Crippen molar-refractivity contribution in [3.63, 3.8) is 0 Å². The molecular weight excluding hydrogens is 201 g/mol. The second-order valence-electron chi connectivity index (χ2n) is 2.38. The summed E-state index contributed by atoms with van der Waals surface area (Å²) in [5.74, 6) is 2.29. The number of fused-ring (bicyclic) bond motifs is 1. The molecule has 2 rings (SSSR count). The molecule has 1 heterocycles. The first-order valence-corrected chi connectivity index (χ1v) is 7.83. The lowest BCUT2D eigenvalue weighted by Crippen LogP contribution is -1.72. The van der Waals surface area contributed by atoms with Crippen molar-refractivity contribution in [2.45, 2.75) is 0 Å². The van der Waals surface area contributed by atoms with E-state index < -0.39 is 0 Å². The van der Waals surface area contributed by atoms with Crippen molar-refractivity contribution >= 4 is 35.4 Å². The van der Waals surface area contributed by atoms with Crippen molar-refractivity contribution in [2.75, 3.05) is 0 Å². The molecule has 0 saturated heterocycles. The highest BCUT2D eigenvalue weighted by Gasteiger charge is 1.94. The van der Waals surface area contributed by atoms with Gasteiger partial charge in [-0.25, -0.2) is 0 Å². The summed E-state index contributed by atoms with van der Waals surface area (Å²) in [5, 5.41) is 1.44. The van der Waals surface area contributed by atoms with Gasteiger partial charge in [-0.1, -0.05) is 30.4 Å². The maximum atomic E-state index is 2.29. The fourth-order valence-electron chi connectivity index (χ4n) is 0.978. The molecule has 1 aliphatic rings. The van der Waals surface area contributed by atoms with Gasteiger partial charge in [-0.2, -0.15) is 0 Å². The molecule has 58 valence electrons. The molecule has 1 aliphatic carbocycles. The Bertz CT molecular complexity index is 329. The summed E-state index contributed by atoms with van der Waals surface area (Å²) in [5.41, 5.74) is 1.39. The van der Waals surface area contributed by atoms with E-state index in [9.17, 15) is 0 Å². The van der Waals surface area contributed by atoms with E-state index in [1.54, 1.807) is 0 Å². The molecule has 3 heteroatoms. The van der Waals surface area contributed by atoms with E-state index in [-0.39, 0.29) is 0 Å². The van der Waals surface area contributed by atoms with Gasteiger partial charge in [-0.15, -0.1) is 0 Å². The second-order valence-corrected chi connectivity index (χ2v) is 7.17. The van der Waals surface area contributed by atoms with Crippen LogP contribution >= 0.6 is 23.3 Å². The number of allylic oxidation sites excluding steroid dienone is 4. The molecule has 0 amide bonds. The zero-order valence-corrected chi connectivity index (χ0v) is 9.07. The van der Waals surface area contributed by atoms with Crippen LogP contribution in [0.15, 0.2) is 30.1 Å². The summed E-state index contributed by atoms with van der Waals surface area (Å²) in [6.07, 6.45) is 12.7. The van der Waals surface area contributed by atoms with E-state index in [2.05, 4.69) is 42.3 Å². The maximum Gasteiger partial charge on any atom is 0.0142 e. The predicted molar refractivity (Wildman–Crippen MR) is 61.2 cm³/mol. The van der Waals surface area contributed by atoms with E-state index in [0.29, 0.717) is 0 Å². The van der Waals surface area contributed by atoms with Gasteiger partial charge in [0.2, 0.25) is 0 Å². The molecule has 0 N–H and O–H groups in total. The van der Waals surface area contributed by atoms with Gasteiger partial charge in [0.1, 0.15) is 0 Å². The largest absolute Gasteiger partial charge is 0.0622 e. The Morgan fingerprint density at radius 2 is 1.75 bits per heavy atom. The third kappa shape index (κ3) is 1.90. The van der Waals surface area contributed by atoms with E-state index in [0.717, 1.165) is 0 Å². The Labute approximate surface area is 76.8 Å². The third-order valence-electron chi connectivity index (χ3n) is 1.56. The Morgan fingerprint density at radius 1 is 0.917 bits per heavy atom. The Balaban J connectivity index is 2.54. The molecule has 0 unspecified atom stereocenters. The standard InChI is InChI=1S/C9H7P3/c1-2-4-6-9-8(5-3-1)7-10-12-11-9/h1-7H. The Hall–Kier alpha value is -0.270. The van der Waals surface area contributed by atoms with E-state index in [1.165, 1.54) is 34.1 Å². The molecule has 1 aromatic rings. The molecule has 0 saturated carbocycles. The van der Waals surface area contributed by atoms with Gasteiger partial charge >= 0.3 is 0 Å². The quantitative estimate of drug-likeness (QED) is 0.561. The van der Waals surface area contributed by atoms with Crippen molar-refractivity contribution in [3.05, 3.63) is 41.0 Å². The fraction of sp³-hybridized carbons (Fsp3) is 0. The summed E-state index contributed by atoms with van der Waals surface area (Å²) < 4.78 is 0. The van der Waals surface area contributed by atoms with Gasteiger partial charge in [0.05, 0.1) is 0 Å². The summed E-state index contributed by atoms with van der Waals surface area (Å²) >= 11 is 0. The average Bonchev–Trinajstić information content (AvgIpc) is 2.06. The minimum absolute atomic E-state index is 1.39. The first-order valence-electron chi connectivity index (χ1n) is 3.66. The van der Waals surface area contributed by atoms with Gasteiger partial charge in [-0.05, 0) is 40.7 Å². The monoisotopic (exact) mass is 208 g/mol. The maximum absolute atomic E-state index is 2.29. The van der Waals surface area contributed by atoms with Crippen LogP contribution in [0.5, 0.6) is 0 Å². The molecule has 1 aromatic heterocycles. The van der Waals surface area contributed by atoms with Crippen LogP contribution in [-0.2, 0) is 0 Å². The average molecular weight is 208 g/mol. The van der Waals surface area contributed by atoms with Crippen molar-refractivity contribution < 1.29 is 0 Å². The first kappa shape index (κ1) is 8.33. The van der Waals surface area contributed by atoms with Crippen LogP contribution in [-0.4, -0.2) is 0 Å². The minimum Gasteiger partial charge on any atom is -0.0622 e. The van der Waals surface area contributed by atoms with Gasteiger partial charge < -0.3 is 0 Å². The van der Waals surface area contributed by atoms with Crippen LogP contribution in [0.3, 0.4) is 0 Å².